The Kier molecular flexibility index (Phi) is 2.10. The van der Waals surface area contributed by atoms with E-state index in [1.54, 1.807) is 0 Å². The lowest BCUT2D eigenvalue weighted by Crippen LogP contribution is -1.91. The first-order valence-corrected chi connectivity index (χ1v) is 6.65. The Hall–Kier alpha value is -1.96. The van der Waals surface area contributed by atoms with Gasteiger partial charge >= 0.3 is 0 Å². The molecule has 4 rings (SSSR count). The summed E-state index contributed by atoms with van der Waals surface area (Å²) in [6.45, 7) is 2.14. The van der Waals surface area contributed by atoms with Crippen LogP contribution in [-0.4, -0.2) is 13.1 Å². The van der Waals surface area contributed by atoms with Gasteiger partial charge in [-0.05, 0) is 47.2 Å². The topological polar surface area (TPSA) is 24.1 Å². The van der Waals surface area contributed by atoms with Gasteiger partial charge in [0.1, 0.15) is 0 Å². The third kappa shape index (κ3) is 1.35. The van der Waals surface area contributed by atoms with Gasteiger partial charge in [0.25, 0.3) is 0 Å². The molecule has 0 unspecified atom stereocenters. The monoisotopic (exact) mass is 236 g/mol. The Bertz CT molecular complexity index is 561. The van der Waals surface area contributed by atoms with Crippen molar-refractivity contribution in [3.8, 4) is 11.1 Å². The first-order valence-electron chi connectivity index (χ1n) is 6.65. The summed E-state index contributed by atoms with van der Waals surface area (Å²) in [5, 5.41) is 6.92. The van der Waals surface area contributed by atoms with Gasteiger partial charge < -0.3 is 10.6 Å². The number of anilines is 2. The Morgan fingerprint density at radius 3 is 1.67 bits per heavy atom. The molecule has 2 aliphatic heterocycles. The fourth-order valence-electron chi connectivity index (χ4n) is 3.19. The van der Waals surface area contributed by atoms with Crippen molar-refractivity contribution in [2.45, 2.75) is 12.8 Å². The zero-order valence-corrected chi connectivity index (χ0v) is 10.3. The van der Waals surface area contributed by atoms with E-state index in [0.29, 0.717) is 0 Å². The smallest absolute Gasteiger partial charge is 0.0379 e. The molecule has 18 heavy (non-hydrogen) atoms. The van der Waals surface area contributed by atoms with Gasteiger partial charge in [-0.25, -0.2) is 0 Å². The summed E-state index contributed by atoms with van der Waals surface area (Å²) in [6, 6.07) is 13.2. The molecule has 0 bridgehead atoms. The van der Waals surface area contributed by atoms with Gasteiger partial charge in [-0.2, -0.15) is 0 Å². The summed E-state index contributed by atoms with van der Waals surface area (Å²) >= 11 is 0. The highest BCUT2D eigenvalue weighted by Gasteiger charge is 2.19. The van der Waals surface area contributed by atoms with E-state index < -0.39 is 0 Å². The molecule has 2 aliphatic rings. The van der Waals surface area contributed by atoms with Crippen LogP contribution in [0.2, 0.25) is 0 Å². The third-order valence-electron chi connectivity index (χ3n) is 4.02. The quantitative estimate of drug-likeness (QED) is 0.794. The predicted molar refractivity (Wildman–Crippen MR) is 76.3 cm³/mol. The maximum absolute atomic E-state index is 3.46. The average Bonchev–Trinajstić information content (AvgIpc) is 3.06. The van der Waals surface area contributed by atoms with Crippen molar-refractivity contribution in [2.24, 2.45) is 0 Å². The van der Waals surface area contributed by atoms with Gasteiger partial charge in [0, 0.05) is 24.5 Å². The number of rotatable bonds is 1. The first kappa shape index (κ1) is 10.0. The van der Waals surface area contributed by atoms with E-state index in [1.165, 1.54) is 33.6 Å². The maximum Gasteiger partial charge on any atom is 0.0379 e. The lowest BCUT2D eigenvalue weighted by atomic mass is 9.93. The van der Waals surface area contributed by atoms with Gasteiger partial charge in [-0.15, -0.1) is 0 Å². The normalized spacial score (nSPS) is 15.8. The van der Waals surface area contributed by atoms with E-state index >= 15 is 0 Å². The lowest BCUT2D eigenvalue weighted by molar-refractivity contribution is 1.10. The summed E-state index contributed by atoms with van der Waals surface area (Å²) in [7, 11) is 0. The molecule has 0 fully saturated rings. The van der Waals surface area contributed by atoms with Gasteiger partial charge in [0.05, 0.1) is 0 Å². The average molecular weight is 236 g/mol. The van der Waals surface area contributed by atoms with Crippen LogP contribution in [0, 0.1) is 0 Å². The molecule has 2 heterocycles. The molecule has 0 saturated carbocycles. The van der Waals surface area contributed by atoms with E-state index in [2.05, 4.69) is 47.0 Å². The molecule has 0 aromatic heterocycles. The minimum Gasteiger partial charge on any atom is -0.384 e. The van der Waals surface area contributed by atoms with E-state index in [4.69, 9.17) is 0 Å². The number of benzene rings is 2. The van der Waals surface area contributed by atoms with E-state index in [9.17, 15) is 0 Å². The zero-order valence-electron chi connectivity index (χ0n) is 10.3. The van der Waals surface area contributed by atoms with Crippen molar-refractivity contribution >= 4 is 11.4 Å². The summed E-state index contributed by atoms with van der Waals surface area (Å²) < 4.78 is 0. The van der Waals surface area contributed by atoms with Crippen molar-refractivity contribution in [1.29, 1.82) is 0 Å². The minimum atomic E-state index is 1.07. The fraction of sp³-hybridized carbons (Fsp3) is 0.250. The molecule has 0 radical (unpaired) electrons. The van der Waals surface area contributed by atoms with Crippen molar-refractivity contribution in [3.05, 3.63) is 47.5 Å². The highest BCUT2D eigenvalue weighted by molar-refractivity contribution is 5.81. The molecule has 2 aromatic carbocycles. The standard InChI is InChI=1S/C16H16N2/c1-3-11(13-7-9-17-15(13)5-1)12-4-2-6-16-14(12)8-10-18-16/h1-6,17-18H,7-10H2. The number of hydrogen-bond acceptors (Lipinski definition) is 2. The Morgan fingerprint density at radius 1 is 0.667 bits per heavy atom. The van der Waals surface area contributed by atoms with Crippen LogP contribution in [0.15, 0.2) is 36.4 Å². The molecule has 0 aliphatic carbocycles. The highest BCUT2D eigenvalue weighted by atomic mass is 14.9. The fourth-order valence-corrected chi connectivity index (χ4v) is 3.19. The Morgan fingerprint density at radius 2 is 1.17 bits per heavy atom. The van der Waals surface area contributed by atoms with Crippen LogP contribution in [0.25, 0.3) is 11.1 Å². The van der Waals surface area contributed by atoms with Crippen molar-refractivity contribution in [1.82, 2.24) is 0 Å². The molecule has 0 spiro atoms. The second-order valence-electron chi connectivity index (χ2n) is 5.02. The second-order valence-corrected chi connectivity index (χ2v) is 5.02. The number of nitrogens with one attached hydrogen (secondary N) is 2. The minimum absolute atomic E-state index is 1.07. The second kappa shape index (κ2) is 3.77. The highest BCUT2D eigenvalue weighted by Crippen LogP contribution is 2.38. The molecule has 0 amide bonds. The Balaban J connectivity index is 1.95. The first-order chi connectivity index (χ1) is 8.93. The molecule has 2 nitrogen and oxygen atoms in total. The van der Waals surface area contributed by atoms with E-state index in [0.717, 1.165) is 25.9 Å². The summed E-state index contributed by atoms with van der Waals surface area (Å²) in [5.41, 5.74) is 8.43. The molecule has 2 aromatic rings. The zero-order chi connectivity index (χ0) is 11.9. The van der Waals surface area contributed by atoms with Crippen molar-refractivity contribution in [2.75, 3.05) is 23.7 Å². The molecular formula is C16H16N2. The van der Waals surface area contributed by atoms with Gasteiger partial charge in [-0.3, -0.25) is 0 Å². The van der Waals surface area contributed by atoms with Gasteiger partial charge in [0.2, 0.25) is 0 Å². The maximum atomic E-state index is 3.46. The van der Waals surface area contributed by atoms with Crippen molar-refractivity contribution < 1.29 is 0 Å². The van der Waals surface area contributed by atoms with E-state index in [-0.39, 0.29) is 0 Å². The molecule has 2 heteroatoms. The van der Waals surface area contributed by atoms with Crippen LogP contribution < -0.4 is 10.6 Å². The predicted octanol–water partition coefficient (Wildman–Crippen LogP) is 3.29. The Labute approximate surface area is 107 Å². The molecule has 90 valence electrons. The van der Waals surface area contributed by atoms with Gasteiger partial charge in [-0.1, -0.05) is 24.3 Å². The van der Waals surface area contributed by atoms with Crippen LogP contribution in [0.3, 0.4) is 0 Å². The SMILES string of the molecule is c1cc2c(c(-c3cccc4c3CCN4)c1)CCN2. The van der Waals surface area contributed by atoms with Gasteiger partial charge in [0.15, 0.2) is 0 Å². The van der Waals surface area contributed by atoms with Crippen LogP contribution in [0.5, 0.6) is 0 Å². The van der Waals surface area contributed by atoms with Crippen LogP contribution >= 0.6 is 0 Å². The third-order valence-corrected chi connectivity index (χ3v) is 4.02. The van der Waals surface area contributed by atoms with Crippen LogP contribution in [-0.2, 0) is 12.8 Å². The van der Waals surface area contributed by atoms with Crippen molar-refractivity contribution in [3.63, 3.8) is 0 Å². The largest absolute Gasteiger partial charge is 0.384 e. The summed E-state index contributed by atoms with van der Waals surface area (Å²) in [4.78, 5) is 0. The number of fused-ring (bicyclic) bond motifs is 2. The van der Waals surface area contributed by atoms with E-state index in [1.807, 2.05) is 0 Å². The number of hydrogen-bond donors (Lipinski definition) is 2. The summed E-state index contributed by atoms with van der Waals surface area (Å²) in [6.07, 6.45) is 2.28. The summed E-state index contributed by atoms with van der Waals surface area (Å²) in [5.74, 6) is 0. The molecular weight excluding hydrogens is 220 g/mol. The molecule has 0 saturated heterocycles. The van der Waals surface area contributed by atoms with Crippen LogP contribution in [0.1, 0.15) is 11.1 Å². The molecule has 2 N–H and O–H groups in total. The molecule has 0 atom stereocenters. The lowest BCUT2D eigenvalue weighted by Gasteiger charge is -2.12. The van der Waals surface area contributed by atoms with Crippen LogP contribution in [0.4, 0.5) is 11.4 Å².